The first-order valence-electron chi connectivity index (χ1n) is 7.67. The molecule has 0 fully saturated rings. The van der Waals surface area contributed by atoms with Gasteiger partial charge < -0.3 is 25.0 Å². The predicted molar refractivity (Wildman–Crippen MR) is 104 cm³/mol. The van der Waals surface area contributed by atoms with Gasteiger partial charge in [-0.15, -0.1) is 24.0 Å². The quantitative estimate of drug-likeness (QED) is 0.296. The smallest absolute Gasteiger partial charge is 0.231 e. The highest BCUT2D eigenvalue weighted by molar-refractivity contribution is 14.0. The van der Waals surface area contributed by atoms with Gasteiger partial charge in [0.1, 0.15) is 0 Å². The summed E-state index contributed by atoms with van der Waals surface area (Å²) in [5, 5.41) is 6.65. The molecule has 23 heavy (non-hydrogen) atoms. The highest BCUT2D eigenvalue weighted by Crippen LogP contribution is 2.32. The van der Waals surface area contributed by atoms with Crippen LogP contribution in [0.5, 0.6) is 11.5 Å². The van der Waals surface area contributed by atoms with Crippen LogP contribution in [0.15, 0.2) is 23.2 Å². The molecule has 1 aliphatic heterocycles. The third-order valence-electron chi connectivity index (χ3n) is 3.44. The van der Waals surface area contributed by atoms with Crippen molar-refractivity contribution >= 4 is 29.9 Å². The maximum absolute atomic E-state index is 5.39. The molecule has 0 spiro atoms. The molecule has 0 bridgehead atoms. The minimum atomic E-state index is 0. The predicted octanol–water partition coefficient (Wildman–Crippen LogP) is 1.69. The van der Waals surface area contributed by atoms with Crippen LogP contribution in [0.4, 0.5) is 0 Å². The van der Waals surface area contributed by atoms with Crippen LogP contribution < -0.4 is 20.1 Å². The van der Waals surface area contributed by atoms with Gasteiger partial charge in [0, 0.05) is 20.1 Å². The summed E-state index contributed by atoms with van der Waals surface area (Å²) in [5.74, 6) is 2.51. The summed E-state index contributed by atoms with van der Waals surface area (Å²) >= 11 is 0. The molecule has 2 N–H and O–H groups in total. The molecular weight excluding hydrogens is 407 g/mol. The molecule has 0 amide bonds. The van der Waals surface area contributed by atoms with Crippen molar-refractivity contribution in [2.24, 2.45) is 4.99 Å². The molecule has 1 aromatic carbocycles. The summed E-state index contributed by atoms with van der Waals surface area (Å²) in [6, 6.07) is 6.08. The number of benzene rings is 1. The molecule has 0 aliphatic carbocycles. The second-order valence-electron chi connectivity index (χ2n) is 5.52. The fraction of sp³-hybridized carbons (Fsp3) is 0.562. The molecule has 1 heterocycles. The van der Waals surface area contributed by atoms with E-state index in [2.05, 4.69) is 40.7 Å². The molecule has 0 aromatic heterocycles. The summed E-state index contributed by atoms with van der Waals surface area (Å²) in [6.45, 7) is 3.14. The van der Waals surface area contributed by atoms with Crippen LogP contribution >= 0.6 is 24.0 Å². The van der Waals surface area contributed by atoms with Gasteiger partial charge in [0.2, 0.25) is 6.79 Å². The molecule has 6 nitrogen and oxygen atoms in total. The van der Waals surface area contributed by atoms with Gasteiger partial charge >= 0.3 is 0 Å². The van der Waals surface area contributed by atoms with E-state index in [0.717, 1.165) is 49.9 Å². The number of nitrogens with one attached hydrogen (secondary N) is 2. The van der Waals surface area contributed by atoms with Crippen LogP contribution in [0, 0.1) is 0 Å². The van der Waals surface area contributed by atoms with Gasteiger partial charge in [-0.25, -0.2) is 0 Å². The Hall–Kier alpha value is -1.22. The van der Waals surface area contributed by atoms with E-state index in [4.69, 9.17) is 9.47 Å². The van der Waals surface area contributed by atoms with Gasteiger partial charge in [0.25, 0.3) is 0 Å². The lowest BCUT2D eigenvalue weighted by atomic mass is 10.1. The van der Waals surface area contributed by atoms with Crippen LogP contribution in [-0.2, 0) is 6.42 Å². The number of ether oxygens (including phenoxy) is 2. The molecule has 0 radical (unpaired) electrons. The topological polar surface area (TPSA) is 58.1 Å². The number of hydrogen-bond donors (Lipinski definition) is 2. The van der Waals surface area contributed by atoms with Crippen LogP contribution in [0.3, 0.4) is 0 Å². The first-order valence-corrected chi connectivity index (χ1v) is 7.67. The Morgan fingerprint density at radius 1 is 1.17 bits per heavy atom. The molecule has 7 heteroatoms. The van der Waals surface area contributed by atoms with Crippen molar-refractivity contribution in [3.8, 4) is 11.5 Å². The monoisotopic (exact) mass is 434 g/mol. The Morgan fingerprint density at radius 2 is 1.91 bits per heavy atom. The van der Waals surface area contributed by atoms with E-state index in [1.807, 2.05) is 12.1 Å². The lowest BCUT2D eigenvalue weighted by Gasteiger charge is -2.13. The molecule has 0 saturated carbocycles. The highest BCUT2D eigenvalue weighted by Gasteiger charge is 2.12. The van der Waals surface area contributed by atoms with Gasteiger partial charge in [0.15, 0.2) is 17.5 Å². The zero-order valence-electron chi connectivity index (χ0n) is 14.1. The fourth-order valence-corrected chi connectivity index (χ4v) is 2.24. The Bertz CT molecular complexity index is 509. The number of nitrogens with zero attached hydrogens (tertiary/aromatic N) is 2. The second kappa shape index (κ2) is 10.5. The van der Waals surface area contributed by atoms with Crippen molar-refractivity contribution in [3.05, 3.63) is 23.8 Å². The minimum Gasteiger partial charge on any atom is -0.454 e. The van der Waals surface area contributed by atoms with E-state index >= 15 is 0 Å². The van der Waals surface area contributed by atoms with Crippen LogP contribution in [-0.4, -0.2) is 58.4 Å². The number of hydrogen-bond acceptors (Lipinski definition) is 4. The first kappa shape index (κ1) is 19.8. The molecule has 0 unspecified atom stereocenters. The normalized spacial score (nSPS) is 13.0. The summed E-state index contributed by atoms with van der Waals surface area (Å²) in [7, 11) is 5.96. The van der Waals surface area contributed by atoms with E-state index < -0.39 is 0 Å². The van der Waals surface area contributed by atoms with Crippen molar-refractivity contribution in [1.29, 1.82) is 0 Å². The lowest BCUT2D eigenvalue weighted by Crippen LogP contribution is -2.39. The molecule has 0 atom stereocenters. The van der Waals surface area contributed by atoms with Gasteiger partial charge in [-0.05, 0) is 51.2 Å². The van der Waals surface area contributed by atoms with Crippen LogP contribution in [0.2, 0.25) is 0 Å². The maximum Gasteiger partial charge on any atom is 0.231 e. The first-order chi connectivity index (χ1) is 10.7. The summed E-state index contributed by atoms with van der Waals surface area (Å²) in [4.78, 5) is 6.41. The zero-order valence-corrected chi connectivity index (χ0v) is 16.4. The highest BCUT2D eigenvalue weighted by atomic mass is 127. The SMILES string of the molecule is CN=C(NCCCN(C)C)NCCc1ccc2c(c1)OCO2.I. The molecule has 1 aromatic rings. The molecular formula is C16H27IN4O2. The Labute approximate surface area is 155 Å². The minimum absolute atomic E-state index is 0. The van der Waals surface area contributed by atoms with Gasteiger partial charge in [0.05, 0.1) is 0 Å². The number of fused-ring (bicyclic) bond motifs is 1. The van der Waals surface area contributed by atoms with Crippen LogP contribution in [0.25, 0.3) is 0 Å². The van der Waals surface area contributed by atoms with E-state index in [-0.39, 0.29) is 24.0 Å². The second-order valence-corrected chi connectivity index (χ2v) is 5.52. The van der Waals surface area contributed by atoms with Crippen molar-refractivity contribution in [2.45, 2.75) is 12.8 Å². The third kappa shape index (κ3) is 6.82. The van der Waals surface area contributed by atoms with E-state index in [0.29, 0.717) is 6.79 Å². The maximum atomic E-state index is 5.39. The Balaban J connectivity index is 0.00000264. The average Bonchev–Trinajstić information content (AvgIpc) is 2.97. The summed E-state index contributed by atoms with van der Waals surface area (Å²) in [6.07, 6.45) is 2.00. The number of rotatable bonds is 7. The Kier molecular flexibility index (Phi) is 9.08. The van der Waals surface area contributed by atoms with Crippen molar-refractivity contribution < 1.29 is 9.47 Å². The number of halogens is 1. The van der Waals surface area contributed by atoms with Gasteiger partial charge in [-0.1, -0.05) is 6.07 Å². The van der Waals surface area contributed by atoms with Crippen molar-refractivity contribution in [2.75, 3.05) is 47.6 Å². The number of aliphatic imine (C=N–C) groups is 1. The van der Waals surface area contributed by atoms with Crippen LogP contribution in [0.1, 0.15) is 12.0 Å². The van der Waals surface area contributed by atoms with Gasteiger partial charge in [-0.2, -0.15) is 0 Å². The fourth-order valence-electron chi connectivity index (χ4n) is 2.24. The number of guanidine groups is 1. The summed E-state index contributed by atoms with van der Waals surface area (Å²) < 4.78 is 10.7. The van der Waals surface area contributed by atoms with E-state index in [1.54, 1.807) is 7.05 Å². The van der Waals surface area contributed by atoms with Crippen molar-refractivity contribution in [1.82, 2.24) is 15.5 Å². The average molecular weight is 434 g/mol. The molecule has 1 aliphatic rings. The van der Waals surface area contributed by atoms with Crippen molar-refractivity contribution in [3.63, 3.8) is 0 Å². The third-order valence-corrected chi connectivity index (χ3v) is 3.44. The molecule has 2 rings (SSSR count). The Morgan fingerprint density at radius 3 is 2.65 bits per heavy atom. The van der Waals surface area contributed by atoms with E-state index in [9.17, 15) is 0 Å². The summed E-state index contributed by atoms with van der Waals surface area (Å²) in [5.41, 5.74) is 1.22. The zero-order chi connectivity index (χ0) is 15.8. The van der Waals surface area contributed by atoms with E-state index in [1.165, 1.54) is 5.56 Å². The lowest BCUT2D eigenvalue weighted by molar-refractivity contribution is 0.174. The van der Waals surface area contributed by atoms with Gasteiger partial charge in [-0.3, -0.25) is 4.99 Å². The standard InChI is InChI=1S/C16H26N4O2.HI/c1-17-16(18-8-4-10-20(2)3)19-9-7-13-5-6-14-15(11-13)22-12-21-14;/h5-6,11H,4,7-10,12H2,1-3H3,(H2,17,18,19);1H. The molecule has 130 valence electrons. The molecule has 0 saturated heterocycles. The largest absolute Gasteiger partial charge is 0.454 e.